The molecule has 4 aromatic rings. The topological polar surface area (TPSA) is 78.3 Å². The molecule has 3 aromatic carbocycles. The Morgan fingerprint density at radius 3 is 2.42 bits per heavy atom. The van der Waals surface area contributed by atoms with Crippen LogP contribution in [0.15, 0.2) is 78.0 Å². The number of methoxy groups -OCH3 is 2. The van der Waals surface area contributed by atoms with E-state index in [9.17, 15) is 4.79 Å². The summed E-state index contributed by atoms with van der Waals surface area (Å²) in [6.45, 7) is 0. The second kappa shape index (κ2) is 10.4. The second-order valence-corrected chi connectivity index (χ2v) is 8.21. The van der Waals surface area contributed by atoms with Crippen LogP contribution in [0.4, 0.5) is 5.69 Å². The number of carbonyl (C=O) groups excluding carboxylic acids is 1. The van der Waals surface area contributed by atoms with E-state index >= 15 is 0 Å². The molecule has 0 atom stereocenters. The predicted molar refractivity (Wildman–Crippen MR) is 131 cm³/mol. The number of hydrogen-bond donors (Lipinski definition) is 1. The Labute approximate surface area is 200 Å². The minimum absolute atomic E-state index is 0.141. The van der Waals surface area contributed by atoms with Crippen LogP contribution >= 0.6 is 23.4 Å². The van der Waals surface area contributed by atoms with Crippen LogP contribution in [-0.2, 0) is 4.79 Å². The van der Waals surface area contributed by atoms with Crippen LogP contribution in [-0.4, -0.2) is 40.6 Å². The van der Waals surface area contributed by atoms with Gasteiger partial charge in [-0.15, -0.1) is 10.2 Å². The summed E-state index contributed by atoms with van der Waals surface area (Å²) >= 11 is 7.43. The largest absolute Gasteiger partial charge is 0.493 e. The highest BCUT2D eigenvalue weighted by Crippen LogP contribution is 2.34. The lowest BCUT2D eigenvalue weighted by molar-refractivity contribution is -0.113. The normalized spacial score (nSPS) is 10.6. The van der Waals surface area contributed by atoms with Gasteiger partial charge in [0, 0.05) is 11.3 Å². The van der Waals surface area contributed by atoms with Gasteiger partial charge < -0.3 is 14.8 Å². The number of aromatic nitrogens is 3. The first-order valence-electron chi connectivity index (χ1n) is 10.0. The van der Waals surface area contributed by atoms with Crippen molar-refractivity contribution in [1.29, 1.82) is 0 Å². The Hall–Kier alpha value is -3.49. The minimum atomic E-state index is -0.191. The van der Waals surface area contributed by atoms with Gasteiger partial charge in [-0.1, -0.05) is 53.7 Å². The van der Waals surface area contributed by atoms with Gasteiger partial charge in [-0.05, 0) is 42.5 Å². The van der Waals surface area contributed by atoms with Crippen molar-refractivity contribution in [3.05, 3.63) is 77.8 Å². The van der Waals surface area contributed by atoms with Crippen LogP contribution in [0, 0.1) is 0 Å². The van der Waals surface area contributed by atoms with E-state index in [0.717, 1.165) is 11.3 Å². The third-order valence-corrected chi connectivity index (χ3v) is 6.03. The molecule has 1 amide bonds. The van der Waals surface area contributed by atoms with E-state index in [1.807, 2.05) is 65.2 Å². The highest BCUT2D eigenvalue weighted by Gasteiger charge is 2.19. The number of thioether (sulfide) groups is 1. The van der Waals surface area contributed by atoms with Crippen molar-refractivity contribution in [2.45, 2.75) is 5.16 Å². The number of amides is 1. The molecule has 1 aromatic heterocycles. The van der Waals surface area contributed by atoms with Crippen LogP contribution in [0.2, 0.25) is 5.02 Å². The Morgan fingerprint density at radius 2 is 1.70 bits per heavy atom. The maximum absolute atomic E-state index is 12.5. The van der Waals surface area contributed by atoms with Gasteiger partial charge in [0.15, 0.2) is 22.5 Å². The molecule has 0 aliphatic rings. The number of carbonyl (C=O) groups is 1. The van der Waals surface area contributed by atoms with Gasteiger partial charge in [-0.3, -0.25) is 9.36 Å². The Kier molecular flexibility index (Phi) is 7.16. The van der Waals surface area contributed by atoms with E-state index in [0.29, 0.717) is 33.2 Å². The van der Waals surface area contributed by atoms with Crippen LogP contribution in [0.1, 0.15) is 0 Å². The van der Waals surface area contributed by atoms with Crippen molar-refractivity contribution < 1.29 is 14.3 Å². The summed E-state index contributed by atoms with van der Waals surface area (Å²) in [5.74, 6) is 1.78. The maximum atomic E-state index is 12.5. The van der Waals surface area contributed by atoms with Gasteiger partial charge >= 0.3 is 0 Å². The zero-order chi connectivity index (χ0) is 23.2. The molecule has 0 saturated heterocycles. The summed E-state index contributed by atoms with van der Waals surface area (Å²) in [6, 6.07) is 22.4. The zero-order valence-electron chi connectivity index (χ0n) is 18.0. The molecule has 1 N–H and O–H groups in total. The van der Waals surface area contributed by atoms with E-state index in [4.69, 9.17) is 21.1 Å². The summed E-state index contributed by atoms with van der Waals surface area (Å²) in [5.41, 5.74) is 2.25. The molecule has 0 radical (unpaired) electrons. The summed E-state index contributed by atoms with van der Waals surface area (Å²) in [6.07, 6.45) is 0. The molecule has 0 fully saturated rings. The molecule has 9 heteroatoms. The number of rotatable bonds is 8. The average Bonchev–Trinajstić information content (AvgIpc) is 3.28. The molecule has 0 aliphatic heterocycles. The number of nitrogens with one attached hydrogen (secondary N) is 1. The number of nitrogens with zero attached hydrogens (tertiary/aromatic N) is 3. The van der Waals surface area contributed by atoms with Crippen LogP contribution in [0.5, 0.6) is 11.5 Å². The van der Waals surface area contributed by atoms with Gasteiger partial charge in [0.25, 0.3) is 0 Å². The van der Waals surface area contributed by atoms with E-state index in [-0.39, 0.29) is 11.7 Å². The van der Waals surface area contributed by atoms with Gasteiger partial charge in [0.05, 0.1) is 30.7 Å². The average molecular weight is 481 g/mol. The molecular weight excluding hydrogens is 460 g/mol. The third kappa shape index (κ3) is 5.13. The first-order valence-corrected chi connectivity index (χ1v) is 11.4. The van der Waals surface area contributed by atoms with E-state index < -0.39 is 0 Å². The fraction of sp³-hybridized carbons (Fsp3) is 0.125. The molecule has 0 bridgehead atoms. The number of hydrogen-bond acceptors (Lipinski definition) is 6. The van der Waals surface area contributed by atoms with Crippen molar-refractivity contribution in [3.8, 4) is 28.6 Å². The van der Waals surface area contributed by atoms with Crippen molar-refractivity contribution >= 4 is 35.0 Å². The fourth-order valence-electron chi connectivity index (χ4n) is 3.21. The van der Waals surface area contributed by atoms with E-state index in [2.05, 4.69) is 15.5 Å². The highest BCUT2D eigenvalue weighted by atomic mass is 35.5. The predicted octanol–water partition coefficient (Wildman–Crippen LogP) is 5.34. The second-order valence-electron chi connectivity index (χ2n) is 6.86. The van der Waals surface area contributed by atoms with E-state index in [1.54, 1.807) is 26.4 Å². The molecule has 168 valence electrons. The van der Waals surface area contributed by atoms with Crippen LogP contribution in [0.3, 0.4) is 0 Å². The number of benzene rings is 3. The summed E-state index contributed by atoms with van der Waals surface area (Å²) < 4.78 is 12.7. The van der Waals surface area contributed by atoms with Crippen molar-refractivity contribution in [3.63, 3.8) is 0 Å². The number of ether oxygens (including phenoxy) is 2. The fourth-order valence-corrected chi connectivity index (χ4v) is 4.15. The van der Waals surface area contributed by atoms with Crippen molar-refractivity contribution in [1.82, 2.24) is 14.8 Å². The lowest BCUT2D eigenvalue weighted by Gasteiger charge is -2.12. The monoisotopic (exact) mass is 480 g/mol. The molecular formula is C24H21ClN4O3S. The molecule has 1 heterocycles. The van der Waals surface area contributed by atoms with Crippen LogP contribution < -0.4 is 14.8 Å². The van der Waals surface area contributed by atoms with Gasteiger partial charge in [0.2, 0.25) is 5.91 Å². The molecule has 0 unspecified atom stereocenters. The van der Waals surface area contributed by atoms with Gasteiger partial charge in [-0.25, -0.2) is 0 Å². The van der Waals surface area contributed by atoms with E-state index in [1.165, 1.54) is 11.8 Å². The van der Waals surface area contributed by atoms with Crippen LogP contribution in [0.25, 0.3) is 17.1 Å². The van der Waals surface area contributed by atoms with Gasteiger partial charge in [-0.2, -0.15) is 0 Å². The molecule has 33 heavy (non-hydrogen) atoms. The first kappa shape index (κ1) is 22.7. The van der Waals surface area contributed by atoms with Crippen molar-refractivity contribution in [2.75, 3.05) is 25.3 Å². The highest BCUT2D eigenvalue weighted by molar-refractivity contribution is 7.99. The molecule has 4 rings (SSSR count). The molecule has 7 nitrogen and oxygen atoms in total. The lowest BCUT2D eigenvalue weighted by Crippen LogP contribution is -2.14. The SMILES string of the molecule is COc1ccc(-c2nnc(SCC(=O)Nc3ccccc3Cl)n2-c2ccccc2)cc1OC. The number of anilines is 1. The number of para-hydroxylation sites is 2. The summed E-state index contributed by atoms with van der Waals surface area (Å²) in [5, 5.41) is 12.7. The van der Waals surface area contributed by atoms with Crippen molar-refractivity contribution in [2.24, 2.45) is 0 Å². The Balaban J connectivity index is 1.63. The molecule has 0 spiro atoms. The first-order chi connectivity index (χ1) is 16.1. The Morgan fingerprint density at radius 1 is 0.970 bits per heavy atom. The Bertz CT molecular complexity index is 1260. The maximum Gasteiger partial charge on any atom is 0.234 e. The quantitative estimate of drug-likeness (QED) is 0.343. The summed E-state index contributed by atoms with van der Waals surface area (Å²) in [4.78, 5) is 12.5. The smallest absolute Gasteiger partial charge is 0.234 e. The summed E-state index contributed by atoms with van der Waals surface area (Å²) in [7, 11) is 3.18. The third-order valence-electron chi connectivity index (χ3n) is 4.77. The lowest BCUT2D eigenvalue weighted by atomic mass is 10.2. The van der Waals surface area contributed by atoms with Gasteiger partial charge in [0.1, 0.15) is 0 Å². The number of halogens is 1. The minimum Gasteiger partial charge on any atom is -0.493 e. The standard InChI is InChI=1S/C24H21ClN4O3S/c1-31-20-13-12-16(14-21(20)32-2)23-27-28-24(29(23)17-8-4-3-5-9-17)33-15-22(30)26-19-11-7-6-10-18(19)25/h3-14H,15H2,1-2H3,(H,26,30). The molecule has 0 saturated carbocycles. The zero-order valence-corrected chi connectivity index (χ0v) is 19.6. The molecule has 0 aliphatic carbocycles.